The lowest BCUT2D eigenvalue weighted by Crippen LogP contribution is -2.37. The Morgan fingerprint density at radius 2 is 1.83 bits per heavy atom. The monoisotopic (exact) mass is 472 g/mol. The third-order valence-electron chi connectivity index (χ3n) is 7.64. The van der Waals surface area contributed by atoms with E-state index in [4.69, 9.17) is 5.73 Å². The first-order valence-corrected chi connectivity index (χ1v) is 11.7. The lowest BCUT2D eigenvalue weighted by molar-refractivity contribution is -0.126. The number of carbonyl (C=O) groups excluding carboxylic acids is 2. The summed E-state index contributed by atoms with van der Waals surface area (Å²) in [6.07, 6.45) is 4.94. The molecular formula is C26H25FN6O2. The van der Waals surface area contributed by atoms with Crippen LogP contribution in [0.1, 0.15) is 31.5 Å². The van der Waals surface area contributed by atoms with Crippen molar-refractivity contribution in [3.8, 4) is 5.69 Å². The van der Waals surface area contributed by atoms with Crippen LogP contribution in [0.5, 0.6) is 0 Å². The van der Waals surface area contributed by atoms with Gasteiger partial charge in [-0.1, -0.05) is 6.92 Å². The van der Waals surface area contributed by atoms with E-state index in [1.54, 1.807) is 32.6 Å². The van der Waals surface area contributed by atoms with E-state index in [9.17, 15) is 14.0 Å². The summed E-state index contributed by atoms with van der Waals surface area (Å²) in [5.74, 6) is -1.35. The topological polar surface area (TPSA) is 99.0 Å². The maximum absolute atomic E-state index is 13.7. The van der Waals surface area contributed by atoms with Crippen LogP contribution >= 0.6 is 0 Å². The van der Waals surface area contributed by atoms with Gasteiger partial charge in [-0.25, -0.2) is 9.07 Å². The minimum Gasteiger partial charge on any atom is -0.369 e. The van der Waals surface area contributed by atoms with Gasteiger partial charge in [0.2, 0.25) is 11.8 Å². The highest BCUT2D eigenvalue weighted by Crippen LogP contribution is 2.62. The number of hydrogen-bond acceptors (Lipinski definition) is 4. The summed E-state index contributed by atoms with van der Waals surface area (Å²) in [5.41, 5.74) is 8.20. The number of aromatic nitrogens is 4. The standard InChI is InChI=1S/C26H25FN6O2/c1-15-22(26(10-11-26)25(28)35)23(20-9-12-31(2)30-20)32(24(15)34)19-7-8-21-16(13-19)14-29-33(21)18-5-3-17(27)4-6-18/h3-9,12-15,22-23H,10-11H2,1-2H3,(H2,28,35)/t15-,22+,23+/m0/s1. The second-order valence-corrected chi connectivity index (χ2v) is 9.68. The zero-order valence-electron chi connectivity index (χ0n) is 19.4. The van der Waals surface area contributed by atoms with Gasteiger partial charge in [0.25, 0.3) is 0 Å². The maximum Gasteiger partial charge on any atom is 0.230 e. The molecule has 1 saturated heterocycles. The highest BCUT2D eigenvalue weighted by Gasteiger charge is 2.64. The molecule has 2 amide bonds. The first-order valence-electron chi connectivity index (χ1n) is 11.7. The van der Waals surface area contributed by atoms with Gasteiger partial charge < -0.3 is 10.6 Å². The molecule has 0 bridgehead atoms. The van der Waals surface area contributed by atoms with Crippen LogP contribution in [0.15, 0.2) is 60.9 Å². The number of halogens is 1. The average molecular weight is 473 g/mol. The number of primary amides is 1. The molecule has 8 nitrogen and oxygen atoms in total. The molecule has 0 unspecified atom stereocenters. The van der Waals surface area contributed by atoms with Crippen molar-refractivity contribution in [3.63, 3.8) is 0 Å². The molecule has 2 fully saturated rings. The van der Waals surface area contributed by atoms with E-state index < -0.39 is 11.5 Å². The van der Waals surface area contributed by atoms with Crippen LogP contribution in [-0.4, -0.2) is 31.4 Å². The molecule has 178 valence electrons. The molecule has 6 rings (SSSR count). The van der Waals surface area contributed by atoms with Gasteiger partial charge in [0.05, 0.1) is 34.6 Å². The van der Waals surface area contributed by atoms with Gasteiger partial charge in [0.15, 0.2) is 0 Å². The Bertz CT molecular complexity index is 1470. The summed E-state index contributed by atoms with van der Waals surface area (Å²) in [4.78, 5) is 28.0. The van der Waals surface area contributed by atoms with Gasteiger partial charge in [-0.15, -0.1) is 0 Å². The lowest BCUT2D eigenvalue weighted by atomic mass is 9.76. The van der Waals surface area contributed by atoms with Gasteiger partial charge in [-0.3, -0.25) is 14.3 Å². The number of nitrogens with two attached hydrogens (primary N) is 1. The lowest BCUT2D eigenvalue weighted by Gasteiger charge is -2.31. The van der Waals surface area contributed by atoms with E-state index in [0.29, 0.717) is 18.5 Å². The van der Waals surface area contributed by atoms with Crippen molar-refractivity contribution in [1.82, 2.24) is 19.6 Å². The SMILES string of the molecule is C[C@@H]1C(=O)N(c2ccc3c(cnn3-c3ccc(F)cc3)c2)[C@H](c2ccn(C)n2)[C@@H]1C1(C(N)=O)CC1. The van der Waals surface area contributed by atoms with Crippen molar-refractivity contribution in [2.45, 2.75) is 25.8 Å². The summed E-state index contributed by atoms with van der Waals surface area (Å²) in [7, 11) is 1.83. The van der Waals surface area contributed by atoms with E-state index in [-0.39, 0.29) is 29.5 Å². The second-order valence-electron chi connectivity index (χ2n) is 9.68. The summed E-state index contributed by atoms with van der Waals surface area (Å²) in [6, 6.07) is 13.3. The fourth-order valence-corrected chi connectivity index (χ4v) is 5.76. The van der Waals surface area contributed by atoms with E-state index in [0.717, 1.165) is 22.3 Å². The number of hydrogen-bond donors (Lipinski definition) is 1. The first-order chi connectivity index (χ1) is 16.8. The Morgan fingerprint density at radius 3 is 2.46 bits per heavy atom. The number of amides is 2. The summed E-state index contributed by atoms with van der Waals surface area (Å²) < 4.78 is 16.8. The molecular weight excluding hydrogens is 447 g/mol. The van der Waals surface area contributed by atoms with Crippen LogP contribution in [0.4, 0.5) is 10.1 Å². The van der Waals surface area contributed by atoms with Gasteiger partial charge in [-0.05, 0) is 61.4 Å². The van der Waals surface area contributed by atoms with Crippen LogP contribution in [0.25, 0.3) is 16.6 Å². The molecule has 2 aliphatic rings. The number of anilines is 1. The number of aryl methyl sites for hydroxylation is 1. The molecule has 2 aromatic heterocycles. The van der Waals surface area contributed by atoms with E-state index in [1.165, 1.54) is 12.1 Å². The molecule has 0 spiro atoms. The van der Waals surface area contributed by atoms with Crippen LogP contribution in [0.2, 0.25) is 0 Å². The third-order valence-corrected chi connectivity index (χ3v) is 7.64. The average Bonchev–Trinajstić information content (AvgIpc) is 3.23. The fourth-order valence-electron chi connectivity index (χ4n) is 5.76. The highest BCUT2D eigenvalue weighted by molar-refractivity contribution is 6.01. The molecule has 9 heteroatoms. The second kappa shape index (κ2) is 7.49. The van der Waals surface area contributed by atoms with Gasteiger partial charge in [0.1, 0.15) is 5.82 Å². The molecule has 1 saturated carbocycles. The molecule has 1 aliphatic carbocycles. The Kier molecular flexibility index (Phi) is 4.61. The van der Waals surface area contributed by atoms with Gasteiger partial charge in [0, 0.05) is 36.2 Å². The van der Waals surface area contributed by atoms with Crippen LogP contribution < -0.4 is 10.6 Å². The number of nitrogens with zero attached hydrogens (tertiary/aromatic N) is 5. The molecule has 2 N–H and O–H groups in total. The maximum atomic E-state index is 13.7. The minimum absolute atomic E-state index is 0.0524. The molecule has 0 radical (unpaired) electrons. The Labute approximate surface area is 201 Å². The van der Waals surface area contributed by atoms with Gasteiger partial charge >= 0.3 is 0 Å². The number of rotatable bonds is 5. The molecule has 2 aromatic carbocycles. The number of fused-ring (bicyclic) bond motifs is 1. The van der Waals surface area contributed by atoms with E-state index in [2.05, 4.69) is 10.2 Å². The van der Waals surface area contributed by atoms with Crippen LogP contribution in [-0.2, 0) is 16.6 Å². The molecule has 4 aromatic rings. The zero-order valence-corrected chi connectivity index (χ0v) is 19.4. The molecule has 3 atom stereocenters. The normalized spacial score (nSPS) is 23.2. The molecule has 3 heterocycles. The van der Waals surface area contributed by atoms with Crippen LogP contribution in [0.3, 0.4) is 0 Å². The Hall–Kier alpha value is -4.01. The van der Waals surface area contributed by atoms with Crippen molar-refractivity contribution in [2.24, 2.45) is 30.0 Å². The summed E-state index contributed by atoms with van der Waals surface area (Å²) >= 11 is 0. The predicted octanol–water partition coefficient (Wildman–Crippen LogP) is 3.50. The number of carbonyl (C=O) groups is 2. The van der Waals surface area contributed by atoms with Crippen LogP contribution in [0, 0.1) is 23.1 Å². The molecule has 35 heavy (non-hydrogen) atoms. The smallest absolute Gasteiger partial charge is 0.230 e. The largest absolute Gasteiger partial charge is 0.369 e. The number of benzene rings is 2. The molecule has 1 aliphatic heterocycles. The van der Waals surface area contributed by atoms with E-state index in [1.807, 2.05) is 44.4 Å². The quantitative estimate of drug-likeness (QED) is 0.481. The van der Waals surface area contributed by atoms with Gasteiger partial charge in [-0.2, -0.15) is 10.2 Å². The van der Waals surface area contributed by atoms with Crippen molar-refractivity contribution >= 4 is 28.4 Å². The zero-order chi connectivity index (χ0) is 24.5. The predicted molar refractivity (Wildman–Crippen MR) is 128 cm³/mol. The Balaban J connectivity index is 1.46. The summed E-state index contributed by atoms with van der Waals surface area (Å²) in [6.45, 7) is 1.89. The van der Waals surface area contributed by atoms with Crippen molar-refractivity contribution in [3.05, 3.63) is 72.4 Å². The highest BCUT2D eigenvalue weighted by atomic mass is 19.1. The minimum atomic E-state index is -0.691. The van der Waals surface area contributed by atoms with Crippen molar-refractivity contribution < 1.29 is 14.0 Å². The summed E-state index contributed by atoms with van der Waals surface area (Å²) in [5, 5.41) is 9.94. The van der Waals surface area contributed by atoms with Crippen molar-refractivity contribution in [2.75, 3.05) is 4.90 Å². The van der Waals surface area contributed by atoms with E-state index >= 15 is 0 Å². The first kappa shape index (κ1) is 21.5. The Morgan fingerprint density at radius 1 is 1.11 bits per heavy atom. The van der Waals surface area contributed by atoms with Crippen molar-refractivity contribution in [1.29, 1.82) is 0 Å². The fraction of sp³-hybridized carbons (Fsp3) is 0.308. The third kappa shape index (κ3) is 3.18.